The van der Waals surface area contributed by atoms with E-state index < -0.39 is 0 Å². The third-order valence-corrected chi connectivity index (χ3v) is 2.81. The number of rotatable bonds is 4. The Morgan fingerprint density at radius 3 is 3.00 bits per heavy atom. The number of hydrogen-bond acceptors (Lipinski definition) is 4. The summed E-state index contributed by atoms with van der Waals surface area (Å²) in [5.41, 5.74) is 7.39. The number of aromatic nitrogens is 3. The summed E-state index contributed by atoms with van der Waals surface area (Å²) in [7, 11) is 1.85. The second-order valence-electron chi connectivity index (χ2n) is 4.12. The van der Waals surface area contributed by atoms with E-state index in [1.54, 1.807) is 10.9 Å². The fourth-order valence-electron chi connectivity index (χ4n) is 1.65. The van der Waals surface area contributed by atoms with Crippen molar-refractivity contribution in [2.24, 2.45) is 7.05 Å². The lowest BCUT2D eigenvalue weighted by Crippen LogP contribution is -2.26. The molecule has 19 heavy (non-hydrogen) atoms. The van der Waals surface area contributed by atoms with E-state index in [1.165, 1.54) is 12.3 Å². The lowest BCUT2D eigenvalue weighted by Gasteiger charge is -2.06. The molecule has 0 fully saturated rings. The van der Waals surface area contributed by atoms with Crippen molar-refractivity contribution in [2.75, 3.05) is 12.3 Å². The van der Waals surface area contributed by atoms with Crippen LogP contribution in [0.15, 0.2) is 24.7 Å². The summed E-state index contributed by atoms with van der Waals surface area (Å²) in [5.74, 6) is -0.259. The molecule has 100 valence electrons. The van der Waals surface area contributed by atoms with E-state index in [-0.39, 0.29) is 11.1 Å². The van der Waals surface area contributed by atoms with Gasteiger partial charge in [0, 0.05) is 19.8 Å². The van der Waals surface area contributed by atoms with Crippen LogP contribution in [-0.4, -0.2) is 27.2 Å². The average molecular weight is 280 g/mol. The minimum absolute atomic E-state index is 0.242. The van der Waals surface area contributed by atoms with Gasteiger partial charge in [-0.2, -0.15) is 5.10 Å². The van der Waals surface area contributed by atoms with E-state index >= 15 is 0 Å². The van der Waals surface area contributed by atoms with Crippen molar-refractivity contribution in [1.29, 1.82) is 0 Å². The van der Waals surface area contributed by atoms with Gasteiger partial charge in [-0.3, -0.25) is 9.48 Å². The van der Waals surface area contributed by atoms with E-state index in [4.69, 9.17) is 17.3 Å². The van der Waals surface area contributed by atoms with E-state index in [0.717, 1.165) is 5.56 Å². The summed E-state index contributed by atoms with van der Waals surface area (Å²) in [6, 6.07) is 1.45. The molecule has 0 saturated carbocycles. The van der Waals surface area contributed by atoms with Crippen LogP contribution in [-0.2, 0) is 13.5 Å². The Kier molecular flexibility index (Phi) is 4.01. The predicted molar refractivity (Wildman–Crippen MR) is 72.9 cm³/mol. The number of carbonyl (C=O) groups excluding carboxylic acids is 1. The molecule has 0 saturated heterocycles. The second kappa shape index (κ2) is 5.71. The third-order valence-electron chi connectivity index (χ3n) is 2.60. The molecule has 1 amide bonds. The van der Waals surface area contributed by atoms with Gasteiger partial charge in [0.15, 0.2) is 0 Å². The monoisotopic (exact) mass is 279 g/mol. The lowest BCUT2D eigenvalue weighted by molar-refractivity contribution is 0.0955. The number of amides is 1. The van der Waals surface area contributed by atoms with Crippen LogP contribution in [0.5, 0.6) is 0 Å². The van der Waals surface area contributed by atoms with E-state index in [9.17, 15) is 4.79 Å². The Morgan fingerprint density at radius 1 is 1.53 bits per heavy atom. The van der Waals surface area contributed by atoms with E-state index in [1.807, 2.05) is 13.2 Å². The largest absolute Gasteiger partial charge is 0.397 e. The average Bonchev–Trinajstić information content (AvgIpc) is 2.78. The van der Waals surface area contributed by atoms with Crippen LogP contribution in [0.3, 0.4) is 0 Å². The molecule has 0 aliphatic carbocycles. The molecular weight excluding hydrogens is 266 g/mol. The van der Waals surface area contributed by atoms with Crippen LogP contribution in [0.4, 0.5) is 5.69 Å². The molecule has 6 nitrogen and oxygen atoms in total. The van der Waals surface area contributed by atoms with Crippen molar-refractivity contribution >= 4 is 23.2 Å². The van der Waals surface area contributed by atoms with Gasteiger partial charge in [0.05, 0.1) is 23.6 Å². The van der Waals surface area contributed by atoms with Crippen LogP contribution in [0.25, 0.3) is 0 Å². The highest BCUT2D eigenvalue weighted by Crippen LogP contribution is 2.14. The van der Waals surface area contributed by atoms with Gasteiger partial charge in [0.25, 0.3) is 5.91 Å². The predicted octanol–water partition coefficient (Wildman–Crippen LogP) is 1.02. The van der Waals surface area contributed by atoms with E-state index in [0.29, 0.717) is 24.2 Å². The number of nitrogens with one attached hydrogen (secondary N) is 1. The third kappa shape index (κ3) is 3.45. The molecule has 0 aromatic carbocycles. The minimum Gasteiger partial charge on any atom is -0.397 e. The van der Waals surface area contributed by atoms with Crippen LogP contribution in [0.2, 0.25) is 5.15 Å². The number of halogens is 1. The molecule has 3 N–H and O–H groups in total. The van der Waals surface area contributed by atoms with Crippen LogP contribution in [0.1, 0.15) is 15.9 Å². The second-order valence-corrected chi connectivity index (χ2v) is 4.51. The first-order valence-corrected chi connectivity index (χ1v) is 6.11. The van der Waals surface area contributed by atoms with Gasteiger partial charge >= 0.3 is 0 Å². The molecule has 7 heteroatoms. The highest BCUT2D eigenvalue weighted by atomic mass is 35.5. The zero-order valence-electron chi connectivity index (χ0n) is 10.4. The molecule has 0 bridgehead atoms. The van der Waals surface area contributed by atoms with Crippen molar-refractivity contribution in [1.82, 2.24) is 20.1 Å². The molecule has 2 aromatic rings. The molecule has 0 spiro atoms. The maximum absolute atomic E-state index is 11.9. The number of nitrogens with two attached hydrogens (primary N) is 1. The van der Waals surface area contributed by atoms with Crippen LogP contribution in [0, 0.1) is 0 Å². The van der Waals surface area contributed by atoms with Gasteiger partial charge in [-0.1, -0.05) is 11.6 Å². The Labute approximate surface area is 115 Å². The quantitative estimate of drug-likeness (QED) is 0.818. The molecule has 0 aliphatic heterocycles. The van der Waals surface area contributed by atoms with Gasteiger partial charge in [0.2, 0.25) is 0 Å². The van der Waals surface area contributed by atoms with Crippen molar-refractivity contribution in [3.8, 4) is 0 Å². The maximum Gasteiger partial charge on any atom is 0.253 e. The first-order chi connectivity index (χ1) is 9.06. The number of nitrogen functional groups attached to an aromatic ring is 1. The van der Waals surface area contributed by atoms with Gasteiger partial charge in [0.1, 0.15) is 5.15 Å². The normalized spacial score (nSPS) is 10.4. The zero-order valence-corrected chi connectivity index (χ0v) is 11.2. The Morgan fingerprint density at radius 2 is 2.32 bits per heavy atom. The Hall–Kier alpha value is -2.08. The SMILES string of the molecule is Cn1cc(CCNC(=O)c2cc(Cl)ncc2N)cn1. The maximum atomic E-state index is 11.9. The zero-order chi connectivity index (χ0) is 13.8. The van der Waals surface area contributed by atoms with Crippen molar-refractivity contribution in [3.05, 3.63) is 40.9 Å². The number of carbonyl (C=O) groups is 1. The summed E-state index contributed by atoms with van der Waals surface area (Å²) in [5, 5.41) is 7.08. The van der Waals surface area contributed by atoms with Crippen LogP contribution >= 0.6 is 11.6 Å². The molecule has 0 unspecified atom stereocenters. The first-order valence-electron chi connectivity index (χ1n) is 5.73. The molecule has 2 rings (SSSR count). The molecular formula is C12H14ClN5O. The molecule has 2 aromatic heterocycles. The van der Waals surface area contributed by atoms with Gasteiger partial charge in [-0.25, -0.2) is 4.98 Å². The molecule has 0 radical (unpaired) electrons. The summed E-state index contributed by atoms with van der Waals surface area (Å²) < 4.78 is 1.72. The van der Waals surface area contributed by atoms with Gasteiger partial charge < -0.3 is 11.1 Å². The van der Waals surface area contributed by atoms with Crippen molar-refractivity contribution in [2.45, 2.75) is 6.42 Å². The number of anilines is 1. The standard InChI is InChI=1S/C12H14ClN5O/c1-18-7-8(5-17-18)2-3-15-12(19)9-4-11(13)16-6-10(9)14/h4-7H,2-3,14H2,1H3,(H,15,19). The Bertz CT molecular complexity index is 596. The lowest BCUT2D eigenvalue weighted by atomic mass is 10.2. The highest BCUT2D eigenvalue weighted by molar-refractivity contribution is 6.29. The van der Waals surface area contributed by atoms with Gasteiger partial charge in [-0.15, -0.1) is 0 Å². The first kappa shape index (κ1) is 13.4. The van der Waals surface area contributed by atoms with Crippen molar-refractivity contribution in [3.63, 3.8) is 0 Å². The summed E-state index contributed by atoms with van der Waals surface area (Å²) in [6.07, 6.45) is 5.75. The minimum atomic E-state index is -0.259. The van der Waals surface area contributed by atoms with Crippen molar-refractivity contribution < 1.29 is 4.79 Å². The Balaban J connectivity index is 1.92. The topological polar surface area (TPSA) is 85.8 Å². The fourth-order valence-corrected chi connectivity index (χ4v) is 1.81. The van der Waals surface area contributed by atoms with Gasteiger partial charge in [-0.05, 0) is 18.1 Å². The molecule has 0 atom stereocenters. The fraction of sp³-hybridized carbons (Fsp3) is 0.250. The summed E-state index contributed by atoms with van der Waals surface area (Å²) in [4.78, 5) is 15.7. The smallest absolute Gasteiger partial charge is 0.253 e. The number of aryl methyl sites for hydroxylation is 1. The summed E-state index contributed by atoms with van der Waals surface area (Å²) in [6.45, 7) is 0.504. The summed E-state index contributed by atoms with van der Waals surface area (Å²) >= 11 is 5.74. The number of nitrogens with zero attached hydrogens (tertiary/aromatic N) is 3. The number of pyridine rings is 1. The molecule has 0 aliphatic rings. The highest BCUT2D eigenvalue weighted by Gasteiger charge is 2.10. The van der Waals surface area contributed by atoms with E-state index in [2.05, 4.69) is 15.4 Å². The number of hydrogen-bond donors (Lipinski definition) is 2. The van der Waals surface area contributed by atoms with Crippen LogP contribution < -0.4 is 11.1 Å². The molecule has 2 heterocycles.